The Hall–Kier alpha value is -0.810. The van der Waals surface area contributed by atoms with Crippen molar-refractivity contribution in [1.82, 2.24) is 10.6 Å². The minimum absolute atomic E-state index is 0.219. The molecule has 0 spiro atoms. The van der Waals surface area contributed by atoms with E-state index in [-0.39, 0.29) is 18.0 Å². The molecular formula is C11H24N2O3. The molecule has 0 heterocycles. The average Bonchev–Trinajstić information content (AvgIpc) is 2.19. The summed E-state index contributed by atoms with van der Waals surface area (Å²) >= 11 is 0. The second-order valence-electron chi connectivity index (χ2n) is 4.86. The van der Waals surface area contributed by atoms with Gasteiger partial charge in [0, 0.05) is 26.8 Å². The lowest BCUT2D eigenvalue weighted by Gasteiger charge is -2.25. The van der Waals surface area contributed by atoms with Crippen LogP contribution < -0.4 is 10.6 Å². The summed E-state index contributed by atoms with van der Waals surface area (Å²) in [5.74, 6) is 0. The average molecular weight is 232 g/mol. The number of hydrogen-bond acceptors (Lipinski definition) is 3. The van der Waals surface area contributed by atoms with E-state index < -0.39 is 6.10 Å². The number of urea groups is 1. The van der Waals surface area contributed by atoms with E-state index in [0.29, 0.717) is 13.2 Å². The summed E-state index contributed by atoms with van der Waals surface area (Å²) in [7, 11) is 1.62. The summed E-state index contributed by atoms with van der Waals surface area (Å²) in [6, 6.07) is -0.251. The van der Waals surface area contributed by atoms with Crippen LogP contribution in [0.1, 0.15) is 27.2 Å². The van der Waals surface area contributed by atoms with Gasteiger partial charge in [0.15, 0.2) is 0 Å². The van der Waals surface area contributed by atoms with E-state index in [0.717, 1.165) is 6.42 Å². The Bertz CT molecular complexity index is 202. The van der Waals surface area contributed by atoms with E-state index in [2.05, 4.69) is 10.6 Å². The summed E-state index contributed by atoms with van der Waals surface area (Å²) in [6.45, 7) is 7.25. The van der Waals surface area contributed by atoms with Gasteiger partial charge in [-0.2, -0.15) is 0 Å². The Morgan fingerprint density at radius 1 is 1.38 bits per heavy atom. The first kappa shape index (κ1) is 15.2. The first-order valence-electron chi connectivity index (χ1n) is 5.56. The summed E-state index contributed by atoms with van der Waals surface area (Å²) in [5.41, 5.74) is -0.219. The van der Waals surface area contributed by atoms with Gasteiger partial charge in [0.05, 0.1) is 6.10 Å². The van der Waals surface area contributed by atoms with Crippen LogP contribution in [0.25, 0.3) is 0 Å². The molecule has 3 N–H and O–H groups in total. The second-order valence-corrected chi connectivity index (χ2v) is 4.86. The number of aliphatic hydroxyl groups is 1. The molecule has 0 rings (SSSR count). The van der Waals surface area contributed by atoms with Gasteiger partial charge in [0.1, 0.15) is 0 Å². The van der Waals surface area contributed by atoms with Crippen LogP contribution in [-0.2, 0) is 4.74 Å². The van der Waals surface area contributed by atoms with E-state index in [9.17, 15) is 9.90 Å². The zero-order valence-electron chi connectivity index (χ0n) is 10.7. The second kappa shape index (κ2) is 7.46. The van der Waals surface area contributed by atoms with Crippen LogP contribution >= 0.6 is 0 Å². The molecule has 0 saturated carbocycles. The first-order chi connectivity index (χ1) is 7.38. The number of ether oxygens (including phenoxy) is 1. The Morgan fingerprint density at radius 2 is 2.00 bits per heavy atom. The molecule has 0 aromatic heterocycles. The van der Waals surface area contributed by atoms with Crippen molar-refractivity contribution in [1.29, 1.82) is 0 Å². The van der Waals surface area contributed by atoms with E-state index in [1.807, 2.05) is 20.8 Å². The molecule has 1 atom stereocenters. The van der Waals surface area contributed by atoms with Gasteiger partial charge >= 0.3 is 6.03 Å². The topological polar surface area (TPSA) is 70.6 Å². The molecule has 0 aromatic rings. The number of nitrogens with one attached hydrogen (secondary N) is 2. The fourth-order valence-corrected chi connectivity index (χ4v) is 0.976. The number of hydrogen-bond donors (Lipinski definition) is 3. The van der Waals surface area contributed by atoms with Crippen LogP contribution in [0, 0.1) is 5.41 Å². The van der Waals surface area contributed by atoms with Gasteiger partial charge in [-0.25, -0.2) is 4.79 Å². The number of carbonyl (C=O) groups is 1. The molecule has 1 unspecified atom stereocenters. The summed E-state index contributed by atoms with van der Waals surface area (Å²) < 4.78 is 4.85. The van der Waals surface area contributed by atoms with Crippen LogP contribution in [0.15, 0.2) is 0 Å². The molecule has 96 valence electrons. The largest absolute Gasteiger partial charge is 0.391 e. The van der Waals surface area contributed by atoms with Gasteiger partial charge in [-0.3, -0.25) is 0 Å². The van der Waals surface area contributed by atoms with Gasteiger partial charge in [-0.15, -0.1) is 0 Å². The zero-order chi connectivity index (χ0) is 12.6. The van der Waals surface area contributed by atoms with Crippen LogP contribution in [0.5, 0.6) is 0 Å². The van der Waals surface area contributed by atoms with Crippen LogP contribution in [0.4, 0.5) is 4.79 Å². The molecule has 0 aromatic carbocycles. The summed E-state index contributed by atoms with van der Waals surface area (Å²) in [6.07, 6.45) is 0.239. The highest BCUT2D eigenvalue weighted by Crippen LogP contribution is 2.17. The van der Waals surface area contributed by atoms with E-state index >= 15 is 0 Å². The lowest BCUT2D eigenvalue weighted by atomic mass is 9.89. The van der Waals surface area contributed by atoms with Crippen LogP contribution in [0.3, 0.4) is 0 Å². The standard InChI is InChI=1S/C11H24N2O3/c1-11(2,3)9(14)8-13-10(15)12-6-5-7-16-4/h9,14H,5-8H2,1-4H3,(H2,12,13,15). The van der Waals surface area contributed by atoms with Crippen molar-refractivity contribution in [3.05, 3.63) is 0 Å². The maximum Gasteiger partial charge on any atom is 0.314 e. The Labute approximate surface area is 97.6 Å². The van der Waals surface area contributed by atoms with Gasteiger partial charge in [-0.05, 0) is 11.8 Å². The number of carbonyl (C=O) groups excluding carboxylic acids is 1. The van der Waals surface area contributed by atoms with Gasteiger partial charge in [0.2, 0.25) is 0 Å². The minimum atomic E-state index is -0.544. The molecule has 0 fully saturated rings. The highest BCUT2D eigenvalue weighted by Gasteiger charge is 2.22. The quantitative estimate of drug-likeness (QED) is 0.591. The molecule has 5 heteroatoms. The van der Waals surface area contributed by atoms with Crippen molar-refractivity contribution in [2.75, 3.05) is 26.8 Å². The number of aliphatic hydroxyl groups excluding tert-OH is 1. The third kappa shape index (κ3) is 7.48. The molecule has 0 aliphatic rings. The SMILES string of the molecule is COCCCNC(=O)NCC(O)C(C)(C)C. The monoisotopic (exact) mass is 232 g/mol. The summed E-state index contributed by atoms with van der Waals surface area (Å²) in [4.78, 5) is 11.3. The third-order valence-electron chi connectivity index (χ3n) is 2.27. The zero-order valence-corrected chi connectivity index (χ0v) is 10.7. The summed E-state index contributed by atoms with van der Waals surface area (Å²) in [5, 5.41) is 15.0. The Morgan fingerprint density at radius 3 is 2.50 bits per heavy atom. The molecule has 0 bridgehead atoms. The Balaban J connectivity index is 3.58. The predicted octanol–water partition coefficient (Wildman–Crippen LogP) is 0.729. The van der Waals surface area contributed by atoms with Gasteiger partial charge in [-0.1, -0.05) is 20.8 Å². The lowest BCUT2D eigenvalue weighted by molar-refractivity contribution is 0.0650. The minimum Gasteiger partial charge on any atom is -0.391 e. The molecule has 5 nitrogen and oxygen atoms in total. The normalized spacial score (nSPS) is 13.3. The van der Waals surface area contributed by atoms with Crippen LogP contribution in [-0.4, -0.2) is 44.0 Å². The van der Waals surface area contributed by atoms with Crippen molar-refractivity contribution in [3.63, 3.8) is 0 Å². The van der Waals surface area contributed by atoms with Crippen LogP contribution in [0.2, 0.25) is 0 Å². The molecule has 2 amide bonds. The smallest absolute Gasteiger partial charge is 0.314 e. The van der Waals surface area contributed by atoms with Crippen molar-refractivity contribution in [2.24, 2.45) is 5.41 Å². The van der Waals surface area contributed by atoms with E-state index in [1.165, 1.54) is 0 Å². The maximum atomic E-state index is 11.3. The van der Waals surface area contributed by atoms with Gasteiger partial charge < -0.3 is 20.5 Å². The fourth-order valence-electron chi connectivity index (χ4n) is 0.976. The molecular weight excluding hydrogens is 208 g/mol. The van der Waals surface area contributed by atoms with Crippen molar-refractivity contribution < 1.29 is 14.6 Å². The highest BCUT2D eigenvalue weighted by atomic mass is 16.5. The van der Waals surface area contributed by atoms with E-state index in [4.69, 9.17) is 4.74 Å². The number of rotatable bonds is 6. The molecule has 16 heavy (non-hydrogen) atoms. The van der Waals surface area contributed by atoms with E-state index in [1.54, 1.807) is 7.11 Å². The predicted molar refractivity (Wildman–Crippen MR) is 63.4 cm³/mol. The van der Waals surface area contributed by atoms with Crippen molar-refractivity contribution in [3.8, 4) is 0 Å². The third-order valence-corrected chi connectivity index (χ3v) is 2.27. The molecule has 0 radical (unpaired) electrons. The maximum absolute atomic E-state index is 11.3. The fraction of sp³-hybridized carbons (Fsp3) is 0.909. The highest BCUT2D eigenvalue weighted by molar-refractivity contribution is 5.73. The van der Waals surface area contributed by atoms with Crippen molar-refractivity contribution in [2.45, 2.75) is 33.3 Å². The lowest BCUT2D eigenvalue weighted by Crippen LogP contribution is -2.43. The molecule has 0 saturated heterocycles. The van der Waals surface area contributed by atoms with Crippen molar-refractivity contribution >= 4 is 6.03 Å². The number of methoxy groups -OCH3 is 1. The Kier molecular flexibility index (Phi) is 7.08. The molecule has 0 aliphatic heterocycles. The van der Waals surface area contributed by atoms with Gasteiger partial charge in [0.25, 0.3) is 0 Å². The molecule has 0 aliphatic carbocycles. The first-order valence-corrected chi connectivity index (χ1v) is 5.56. The number of amides is 2.